The van der Waals surface area contributed by atoms with E-state index >= 15 is 0 Å². The molecule has 0 aliphatic rings. The number of carbonyl (C=O) groups excluding carboxylic acids is 4. The molecule has 0 heterocycles. The zero-order valence-electron chi connectivity index (χ0n) is 25.5. The van der Waals surface area contributed by atoms with Gasteiger partial charge in [0.05, 0.1) is 13.2 Å². The van der Waals surface area contributed by atoms with Crippen molar-refractivity contribution >= 4 is 61.5 Å². The van der Waals surface area contributed by atoms with Crippen molar-refractivity contribution < 1.29 is 60.8 Å². The Morgan fingerprint density at radius 2 is 1.06 bits per heavy atom. The minimum absolute atomic E-state index is 0. The topological polar surface area (TPSA) is 219 Å². The molecular formula is C18H32CaN2O10. The van der Waals surface area contributed by atoms with Gasteiger partial charge < -0.3 is 50.9 Å². The molecule has 6 N–H and O–H groups in total. The van der Waals surface area contributed by atoms with Crippen LogP contribution in [0.1, 0.15) is 51.4 Å². The molecule has 0 spiro atoms. The number of aliphatic carboxylic acids is 2. The Balaban J connectivity index is -0.000000648. The maximum atomic E-state index is 11.5. The van der Waals surface area contributed by atoms with Gasteiger partial charge in [-0.1, -0.05) is 27.7 Å². The summed E-state index contributed by atoms with van der Waals surface area (Å²) < 4.78 is 56.9. The number of aliphatic hydroxyl groups is 4. The molecule has 0 saturated carbocycles. The molecule has 0 aliphatic carbocycles. The molecule has 0 fully saturated rings. The minimum atomic E-state index is -3.48. The monoisotopic (exact) mass is 484 g/mol. The number of carboxylic acids is 2. The van der Waals surface area contributed by atoms with Gasteiger partial charge in [0.1, 0.15) is 12.2 Å². The molecule has 0 rings (SSSR count). The molecule has 0 bridgehead atoms. The smallest absolute Gasteiger partial charge is 0.550 e. The Bertz CT molecular complexity index is 820. The van der Waals surface area contributed by atoms with Crippen LogP contribution in [0.5, 0.6) is 0 Å². The number of carboxylic acid groups (broad SMARTS) is 2. The van der Waals surface area contributed by atoms with E-state index in [-0.39, 0.29) is 37.7 Å². The fourth-order valence-electron chi connectivity index (χ4n) is 1.31. The fourth-order valence-corrected chi connectivity index (χ4v) is 1.31. The molecule has 2 amide bonds. The summed E-state index contributed by atoms with van der Waals surface area (Å²) in [4.78, 5) is 44.1. The van der Waals surface area contributed by atoms with E-state index in [1.807, 2.05) is 0 Å². The zero-order chi connectivity index (χ0) is 31.3. The largest absolute Gasteiger partial charge is 2.00 e. The van der Waals surface area contributed by atoms with E-state index in [0.717, 1.165) is 0 Å². The second-order valence-corrected chi connectivity index (χ2v) is 7.15. The van der Waals surface area contributed by atoms with Crippen molar-refractivity contribution in [3.8, 4) is 0 Å². The second-order valence-electron chi connectivity index (χ2n) is 7.15. The van der Waals surface area contributed by atoms with Crippen molar-refractivity contribution in [3.63, 3.8) is 0 Å². The summed E-state index contributed by atoms with van der Waals surface area (Å²) in [5.41, 5.74) is -2.59. The van der Waals surface area contributed by atoms with Gasteiger partial charge in [0.15, 0.2) is 0 Å². The summed E-state index contributed by atoms with van der Waals surface area (Å²) in [7, 11) is 0. The first-order chi connectivity index (χ1) is 16.6. The molecule has 13 heteroatoms. The van der Waals surface area contributed by atoms with Crippen LogP contribution in [0.15, 0.2) is 0 Å². The van der Waals surface area contributed by atoms with Crippen LogP contribution >= 0.6 is 0 Å². The third kappa shape index (κ3) is 15.4. The summed E-state index contributed by atoms with van der Waals surface area (Å²) in [5, 5.41) is 61.0. The van der Waals surface area contributed by atoms with Crippen LogP contribution in [0.25, 0.3) is 0 Å². The van der Waals surface area contributed by atoms with E-state index in [4.69, 9.17) is 21.2 Å². The molecule has 0 aromatic rings. The van der Waals surface area contributed by atoms with Crippen molar-refractivity contribution in [2.24, 2.45) is 10.8 Å². The maximum Gasteiger partial charge on any atom is 2.00 e. The zero-order valence-corrected chi connectivity index (χ0v) is 19.7. The molecule has 12 nitrogen and oxygen atoms in total. The molecule has 2 atom stereocenters. The summed E-state index contributed by atoms with van der Waals surface area (Å²) in [6.45, 7) is -2.46. The Kier molecular flexibility index (Phi) is 11.0. The van der Waals surface area contributed by atoms with Gasteiger partial charge in [-0.2, -0.15) is 0 Å². The summed E-state index contributed by atoms with van der Waals surface area (Å²) in [5.74, 6) is -7.36. The molecule has 0 aromatic carbocycles. The van der Waals surface area contributed by atoms with E-state index in [9.17, 15) is 39.6 Å². The van der Waals surface area contributed by atoms with Gasteiger partial charge in [-0.05, 0) is 0 Å². The van der Waals surface area contributed by atoms with Crippen LogP contribution in [0.3, 0.4) is 0 Å². The Labute approximate surface area is 222 Å². The third-order valence-electron chi connectivity index (χ3n) is 3.49. The molecule has 31 heavy (non-hydrogen) atoms. The SMILES string of the molecule is [2H]C([2H])(NC(=O)[C@H](O)C(C)(C)CO)C([2H])([2H])C(=O)[O-].[2H]C([2H])(NC(=O)[C@H](O)C(C)(C)CO)C([2H])([2H])C(=O)[O-].[Ca+2]. The number of hydrogen-bond donors (Lipinski definition) is 6. The first-order valence-corrected chi connectivity index (χ1v) is 8.24. The molecule has 0 unspecified atom stereocenters. The molecule has 176 valence electrons. The summed E-state index contributed by atoms with van der Waals surface area (Å²) >= 11 is 0. The number of amides is 2. The average Bonchev–Trinajstić information content (AvgIpc) is 2.76. The Morgan fingerprint density at radius 3 is 1.26 bits per heavy atom. The predicted molar refractivity (Wildman–Crippen MR) is 105 cm³/mol. The molecule has 0 radical (unpaired) electrons. The van der Waals surface area contributed by atoms with Crippen LogP contribution in [0.2, 0.25) is 0 Å². The predicted octanol–water partition coefficient (Wildman–Crippen LogP) is -5.14. The van der Waals surface area contributed by atoms with Gasteiger partial charge in [0.2, 0.25) is 11.8 Å². The molecule has 0 aromatic heterocycles. The van der Waals surface area contributed by atoms with Gasteiger partial charge in [-0.15, -0.1) is 0 Å². The van der Waals surface area contributed by atoms with Gasteiger partial charge >= 0.3 is 37.7 Å². The quantitative estimate of drug-likeness (QED) is 0.145. The van der Waals surface area contributed by atoms with Gasteiger partial charge in [-0.25, -0.2) is 0 Å². The summed E-state index contributed by atoms with van der Waals surface area (Å²) in [6.07, 6.45) is -10.6. The van der Waals surface area contributed by atoms with Crippen molar-refractivity contribution in [3.05, 3.63) is 0 Å². The standard InChI is InChI=1S/2C9H17NO5.Ca/c2*1-9(2,5-11)7(14)8(15)10-4-3-6(12)13;/h2*7,11,14H,3-5H2,1-2H3,(H,10,15)(H,12,13);/q;;+2/p-2/t2*7-;/m00./s1/i2*3D2,4D2;. The average molecular weight is 485 g/mol. The molecule has 0 aliphatic heterocycles. The van der Waals surface area contributed by atoms with Gasteiger partial charge in [-0.3, -0.25) is 9.59 Å². The van der Waals surface area contributed by atoms with E-state index in [1.54, 1.807) is 0 Å². The van der Waals surface area contributed by atoms with Crippen LogP contribution in [-0.4, -0.2) is 120 Å². The maximum absolute atomic E-state index is 11.5. The van der Waals surface area contributed by atoms with E-state index in [1.165, 1.54) is 38.3 Å². The van der Waals surface area contributed by atoms with Crippen molar-refractivity contribution in [2.45, 2.75) is 52.6 Å². The van der Waals surface area contributed by atoms with Crippen LogP contribution in [0, 0.1) is 10.8 Å². The van der Waals surface area contributed by atoms with Crippen LogP contribution < -0.4 is 20.8 Å². The second kappa shape index (κ2) is 16.6. The number of carbonyl (C=O) groups is 4. The normalized spacial score (nSPS) is 18.6. The number of nitrogens with one attached hydrogen (secondary N) is 2. The van der Waals surface area contributed by atoms with E-state index < -0.39 is 85.7 Å². The van der Waals surface area contributed by atoms with Gasteiger partial charge in [0, 0.05) is 59.5 Å². The first-order valence-electron chi connectivity index (χ1n) is 12.2. The summed E-state index contributed by atoms with van der Waals surface area (Å²) in [6, 6.07) is 0. The van der Waals surface area contributed by atoms with Crippen LogP contribution in [0.4, 0.5) is 0 Å². The number of hydrogen-bond acceptors (Lipinski definition) is 10. The fraction of sp³-hybridized carbons (Fsp3) is 0.778. The van der Waals surface area contributed by atoms with Crippen LogP contribution in [-0.2, 0) is 19.2 Å². The Morgan fingerprint density at radius 1 is 0.806 bits per heavy atom. The first kappa shape index (κ1) is 20.6. The van der Waals surface area contributed by atoms with Crippen molar-refractivity contribution in [2.75, 3.05) is 26.2 Å². The van der Waals surface area contributed by atoms with Crippen molar-refractivity contribution in [1.82, 2.24) is 10.6 Å². The number of rotatable bonds is 12. The molecule has 0 saturated heterocycles. The minimum Gasteiger partial charge on any atom is -0.550 e. The number of aliphatic hydroxyl groups excluding tert-OH is 4. The van der Waals surface area contributed by atoms with Crippen molar-refractivity contribution in [1.29, 1.82) is 0 Å². The van der Waals surface area contributed by atoms with Gasteiger partial charge in [0.25, 0.3) is 0 Å². The Hall–Kier alpha value is -1.02. The third-order valence-corrected chi connectivity index (χ3v) is 3.49. The van der Waals surface area contributed by atoms with E-state index in [2.05, 4.69) is 0 Å². The molecular weight excluding hydrogens is 444 g/mol. The van der Waals surface area contributed by atoms with E-state index in [0.29, 0.717) is 0 Å².